The van der Waals surface area contributed by atoms with Gasteiger partial charge in [0.25, 0.3) is 0 Å². The van der Waals surface area contributed by atoms with Crippen molar-refractivity contribution in [1.29, 1.82) is 0 Å². The molecule has 0 atom stereocenters. The Hall–Kier alpha value is -4.55. The zero-order chi connectivity index (χ0) is 27.7. The van der Waals surface area contributed by atoms with Gasteiger partial charge in [0.2, 0.25) is 0 Å². The molecule has 5 aromatic rings. The summed E-state index contributed by atoms with van der Waals surface area (Å²) < 4.78 is 3.65. The van der Waals surface area contributed by atoms with Crippen molar-refractivity contribution in [1.82, 2.24) is 35.1 Å². The minimum absolute atomic E-state index is 0.0844. The third-order valence-corrected chi connectivity index (χ3v) is 7.02. The van der Waals surface area contributed by atoms with Crippen molar-refractivity contribution >= 4 is 51.6 Å². The monoisotopic (exact) mass is 546 g/mol. The molecular formula is C26H27ClN10O2. The Morgan fingerprint density at radius 3 is 2.85 bits per heavy atom. The number of aromatic amines is 1. The number of nitrogens with one attached hydrogen (secondary N) is 2. The van der Waals surface area contributed by atoms with E-state index in [9.17, 15) is 9.90 Å². The average molecular weight is 547 g/mol. The van der Waals surface area contributed by atoms with Gasteiger partial charge in [-0.2, -0.15) is 20.3 Å². The first-order valence-corrected chi connectivity index (χ1v) is 12.5. The highest BCUT2D eigenvalue weighted by Gasteiger charge is 2.24. The molecule has 5 rings (SSSR count). The lowest BCUT2D eigenvalue weighted by molar-refractivity contribution is 0.248. The lowest BCUT2D eigenvalue weighted by Gasteiger charge is -2.11. The van der Waals surface area contributed by atoms with Crippen molar-refractivity contribution < 1.29 is 9.90 Å². The Morgan fingerprint density at radius 1 is 1.26 bits per heavy atom. The van der Waals surface area contributed by atoms with E-state index in [4.69, 9.17) is 22.4 Å². The van der Waals surface area contributed by atoms with Gasteiger partial charge in [-0.05, 0) is 37.6 Å². The Bertz CT molecular complexity index is 1760. The predicted octanol–water partition coefficient (Wildman–Crippen LogP) is 3.34. The van der Waals surface area contributed by atoms with E-state index >= 15 is 0 Å². The molecule has 0 saturated carbocycles. The number of nitrogens with zero attached hydrogens (tertiary/aromatic N) is 7. The summed E-state index contributed by atoms with van der Waals surface area (Å²) in [5.41, 5.74) is 12.2. The fourth-order valence-electron chi connectivity index (χ4n) is 4.64. The van der Waals surface area contributed by atoms with Gasteiger partial charge in [-0.15, -0.1) is 0 Å². The van der Waals surface area contributed by atoms with Gasteiger partial charge in [0.15, 0.2) is 5.84 Å². The maximum Gasteiger partial charge on any atom is 0.342 e. The van der Waals surface area contributed by atoms with Crippen molar-refractivity contribution in [2.24, 2.45) is 22.8 Å². The molecule has 0 aliphatic carbocycles. The SMILES string of the molecule is Cc1cc2[nH]ncc2c(-c2c(-c3ccc4c(cnn4C)c3)nn(CCNC(=O)/N=C(\CO)N=CN)c2C)c1Cl. The molecule has 2 aromatic carbocycles. The largest absolute Gasteiger partial charge is 0.390 e. The van der Waals surface area contributed by atoms with Crippen molar-refractivity contribution in [3.63, 3.8) is 0 Å². The summed E-state index contributed by atoms with van der Waals surface area (Å²) in [6.07, 6.45) is 4.55. The molecule has 0 unspecified atom stereocenters. The van der Waals surface area contributed by atoms with E-state index in [1.165, 1.54) is 0 Å². The number of carbonyl (C=O) groups excluding carboxylic acids is 1. The number of nitrogens with two attached hydrogens (primary N) is 1. The number of benzene rings is 2. The van der Waals surface area contributed by atoms with Crippen LogP contribution in [0.2, 0.25) is 5.02 Å². The summed E-state index contributed by atoms with van der Waals surface area (Å²) in [6.45, 7) is 4.02. The van der Waals surface area contributed by atoms with Crippen LogP contribution in [0.1, 0.15) is 11.3 Å². The molecular weight excluding hydrogens is 520 g/mol. The van der Waals surface area contributed by atoms with Crippen LogP contribution in [0.4, 0.5) is 4.79 Å². The second kappa shape index (κ2) is 10.7. The summed E-state index contributed by atoms with van der Waals surface area (Å²) in [5, 5.41) is 31.1. The maximum absolute atomic E-state index is 12.2. The number of amides is 2. The molecule has 0 spiro atoms. The molecule has 0 fully saturated rings. The number of amidine groups is 1. The first-order chi connectivity index (χ1) is 18.8. The van der Waals surface area contributed by atoms with Crippen LogP contribution in [0.15, 0.2) is 46.6 Å². The minimum atomic E-state index is -0.640. The normalized spacial score (nSPS) is 12.3. The van der Waals surface area contributed by atoms with Crippen molar-refractivity contribution in [3.05, 3.63) is 52.9 Å². The summed E-state index contributed by atoms with van der Waals surface area (Å²) in [7, 11) is 1.90. The van der Waals surface area contributed by atoms with Crippen molar-refractivity contribution in [2.75, 3.05) is 13.2 Å². The minimum Gasteiger partial charge on any atom is -0.390 e. The maximum atomic E-state index is 12.2. The topological polar surface area (TPSA) is 164 Å². The number of hydrogen-bond acceptors (Lipinski definition) is 5. The first-order valence-electron chi connectivity index (χ1n) is 12.1. The Morgan fingerprint density at radius 2 is 2.08 bits per heavy atom. The highest BCUT2D eigenvalue weighted by Crippen LogP contribution is 2.43. The predicted molar refractivity (Wildman–Crippen MR) is 152 cm³/mol. The number of aliphatic hydroxyl groups excluding tert-OH is 1. The molecule has 3 heterocycles. The Kier molecular flexibility index (Phi) is 7.13. The van der Waals surface area contributed by atoms with Crippen LogP contribution in [-0.4, -0.2) is 66.2 Å². The zero-order valence-electron chi connectivity index (χ0n) is 21.6. The highest BCUT2D eigenvalue weighted by molar-refractivity contribution is 6.36. The highest BCUT2D eigenvalue weighted by atomic mass is 35.5. The van der Waals surface area contributed by atoms with E-state index in [2.05, 4.69) is 36.7 Å². The summed E-state index contributed by atoms with van der Waals surface area (Å²) >= 11 is 6.93. The standard InChI is InChI=1S/C26H27ClN10O2/c1-14-8-19-18(11-31-34-19)23(24(14)27)22-15(2)37(7-6-29-26(39)33-21(12-38)30-13-28)35-25(22)16-4-5-20-17(9-16)10-32-36(20)3/h4-5,8-11,13,38H,6-7,12H2,1-3H3,(H,31,34)(H3,28,29,30,33,39). The summed E-state index contributed by atoms with van der Waals surface area (Å²) in [4.78, 5) is 19.6. The van der Waals surface area contributed by atoms with Gasteiger partial charge in [-0.25, -0.2) is 9.79 Å². The molecule has 0 saturated heterocycles. The van der Waals surface area contributed by atoms with E-state index in [1.54, 1.807) is 6.20 Å². The van der Waals surface area contributed by atoms with Gasteiger partial charge in [-0.3, -0.25) is 14.5 Å². The molecule has 13 heteroatoms. The number of rotatable bonds is 6. The molecule has 200 valence electrons. The first kappa shape index (κ1) is 26.1. The lowest BCUT2D eigenvalue weighted by atomic mass is 9.94. The molecule has 0 radical (unpaired) electrons. The average Bonchev–Trinajstić information content (AvgIpc) is 3.62. The second-order valence-corrected chi connectivity index (χ2v) is 9.36. The molecule has 39 heavy (non-hydrogen) atoms. The smallest absolute Gasteiger partial charge is 0.342 e. The van der Waals surface area contributed by atoms with E-state index in [0.717, 1.165) is 61.8 Å². The number of halogens is 1. The number of aryl methyl sites for hydroxylation is 2. The van der Waals surface area contributed by atoms with Gasteiger partial charge in [0.05, 0.1) is 41.3 Å². The molecule has 0 bridgehead atoms. The van der Waals surface area contributed by atoms with Crippen LogP contribution < -0.4 is 11.1 Å². The van der Waals surface area contributed by atoms with Gasteiger partial charge in [0.1, 0.15) is 12.3 Å². The molecule has 0 aliphatic rings. The van der Waals surface area contributed by atoms with Crippen LogP contribution >= 0.6 is 11.6 Å². The van der Waals surface area contributed by atoms with E-state index < -0.39 is 12.6 Å². The lowest BCUT2D eigenvalue weighted by Crippen LogP contribution is -2.26. The van der Waals surface area contributed by atoms with Gasteiger partial charge in [-0.1, -0.05) is 17.7 Å². The second-order valence-electron chi connectivity index (χ2n) is 8.98. The van der Waals surface area contributed by atoms with Crippen LogP contribution in [-0.2, 0) is 13.6 Å². The molecule has 2 amide bonds. The van der Waals surface area contributed by atoms with Crippen molar-refractivity contribution in [3.8, 4) is 22.4 Å². The fraction of sp³-hybridized carbons (Fsp3) is 0.231. The Labute approximate surface area is 228 Å². The van der Waals surface area contributed by atoms with E-state index in [-0.39, 0.29) is 12.4 Å². The number of H-pyrrole nitrogens is 1. The molecule has 5 N–H and O–H groups in total. The van der Waals surface area contributed by atoms with Crippen LogP contribution in [0.25, 0.3) is 44.2 Å². The number of carbonyl (C=O) groups is 1. The van der Waals surface area contributed by atoms with Crippen LogP contribution in [0.5, 0.6) is 0 Å². The van der Waals surface area contributed by atoms with Gasteiger partial charge >= 0.3 is 6.03 Å². The number of urea groups is 1. The number of aromatic nitrogens is 6. The third-order valence-electron chi connectivity index (χ3n) is 6.54. The summed E-state index contributed by atoms with van der Waals surface area (Å²) in [6, 6.07) is 7.42. The zero-order valence-corrected chi connectivity index (χ0v) is 22.4. The van der Waals surface area contributed by atoms with Gasteiger partial charge in [0, 0.05) is 46.7 Å². The van der Waals surface area contributed by atoms with Crippen LogP contribution in [0.3, 0.4) is 0 Å². The third kappa shape index (κ3) is 4.87. The van der Waals surface area contributed by atoms with E-state index in [1.807, 2.05) is 54.7 Å². The number of fused-ring (bicyclic) bond motifs is 2. The summed E-state index contributed by atoms with van der Waals surface area (Å²) in [5.74, 6) is -0.0844. The molecule has 0 aliphatic heterocycles. The fourth-order valence-corrected chi connectivity index (χ4v) is 4.89. The van der Waals surface area contributed by atoms with Crippen molar-refractivity contribution in [2.45, 2.75) is 20.4 Å². The molecule has 12 nitrogen and oxygen atoms in total. The van der Waals surface area contributed by atoms with E-state index in [0.29, 0.717) is 11.6 Å². The van der Waals surface area contributed by atoms with Gasteiger partial charge < -0.3 is 16.2 Å². The molecule has 3 aromatic heterocycles. The van der Waals surface area contributed by atoms with Crippen LogP contribution in [0, 0.1) is 13.8 Å². The quantitative estimate of drug-likeness (QED) is 0.188. The Balaban J connectivity index is 1.58. The number of aliphatic hydroxyl groups is 1. The number of aliphatic imine (C=N–C) groups is 2. The number of hydrogen-bond donors (Lipinski definition) is 4.